The Balaban J connectivity index is 2.42. The van der Waals surface area contributed by atoms with Gasteiger partial charge in [0.15, 0.2) is 0 Å². The summed E-state index contributed by atoms with van der Waals surface area (Å²) in [6.45, 7) is 8.19. The molecule has 0 bridgehead atoms. The Labute approximate surface area is 128 Å². The molecule has 0 saturated carbocycles. The molecule has 0 heterocycles. The van der Waals surface area contributed by atoms with Crippen molar-refractivity contribution in [2.24, 2.45) is 0 Å². The van der Waals surface area contributed by atoms with Crippen LogP contribution in [0.25, 0.3) is 11.1 Å². The fourth-order valence-corrected chi connectivity index (χ4v) is 2.56. The third kappa shape index (κ3) is 3.85. The van der Waals surface area contributed by atoms with Crippen LogP contribution in [0.15, 0.2) is 48.5 Å². The maximum Gasteiger partial charge on any atom is 0.127 e. The van der Waals surface area contributed by atoms with Gasteiger partial charge in [-0.2, -0.15) is 0 Å². The molecule has 2 aromatic carbocycles. The summed E-state index contributed by atoms with van der Waals surface area (Å²) in [5.74, 6) is 0.968. The third-order valence-corrected chi connectivity index (χ3v) is 3.58. The molecule has 2 rings (SSSR count). The number of hydrogen-bond acceptors (Lipinski definition) is 2. The second-order valence-corrected chi connectivity index (χ2v) is 5.21. The Morgan fingerprint density at radius 2 is 1.62 bits per heavy atom. The van der Waals surface area contributed by atoms with Gasteiger partial charge in [-0.15, -0.1) is 0 Å². The highest BCUT2D eigenvalue weighted by molar-refractivity contribution is 5.73. The van der Waals surface area contributed by atoms with E-state index in [1.54, 1.807) is 0 Å². The van der Waals surface area contributed by atoms with Gasteiger partial charge in [0.1, 0.15) is 5.75 Å². The summed E-state index contributed by atoms with van der Waals surface area (Å²) in [6.07, 6.45) is 1.02. The third-order valence-electron chi connectivity index (χ3n) is 3.58. The summed E-state index contributed by atoms with van der Waals surface area (Å²) in [4.78, 5) is 0. The van der Waals surface area contributed by atoms with Crippen LogP contribution in [0.4, 0.5) is 0 Å². The molecule has 112 valence electrons. The molecule has 0 saturated heterocycles. The second kappa shape index (κ2) is 7.84. The topological polar surface area (TPSA) is 21.3 Å². The Hall–Kier alpha value is -1.80. The highest BCUT2D eigenvalue weighted by atomic mass is 16.5. The highest BCUT2D eigenvalue weighted by Crippen LogP contribution is 2.34. The molecule has 0 fully saturated rings. The van der Waals surface area contributed by atoms with Gasteiger partial charge in [-0.1, -0.05) is 56.3 Å². The molecule has 1 unspecified atom stereocenters. The van der Waals surface area contributed by atoms with Crippen molar-refractivity contribution in [2.75, 3.05) is 13.2 Å². The maximum absolute atomic E-state index is 5.92. The molecule has 0 aromatic heterocycles. The van der Waals surface area contributed by atoms with Crippen LogP contribution in [0.5, 0.6) is 5.75 Å². The smallest absolute Gasteiger partial charge is 0.127 e. The van der Waals surface area contributed by atoms with Crippen LogP contribution < -0.4 is 10.1 Å². The molecule has 0 aliphatic rings. The molecule has 2 nitrogen and oxygen atoms in total. The Morgan fingerprint density at radius 3 is 2.33 bits per heavy atom. The lowest BCUT2D eigenvalue weighted by molar-refractivity contribution is 0.318. The van der Waals surface area contributed by atoms with Crippen molar-refractivity contribution in [2.45, 2.75) is 33.2 Å². The van der Waals surface area contributed by atoms with E-state index in [2.05, 4.69) is 68.6 Å². The fraction of sp³-hybridized carbons (Fsp3) is 0.368. The minimum absolute atomic E-state index is 0.324. The maximum atomic E-state index is 5.92. The van der Waals surface area contributed by atoms with E-state index in [0.29, 0.717) is 6.04 Å². The zero-order valence-electron chi connectivity index (χ0n) is 13.2. The molecule has 0 aliphatic heterocycles. The van der Waals surface area contributed by atoms with E-state index in [1.165, 1.54) is 16.7 Å². The normalized spacial score (nSPS) is 12.1. The standard InChI is InChI=1S/C19H25NO/c1-4-14-21-19-13-9-8-12-18(19)17-11-7-6-10-16(17)15(3)20-5-2/h6-13,15,20H,4-5,14H2,1-3H3. The molecule has 0 aliphatic carbocycles. The Kier molecular flexibility index (Phi) is 5.82. The first kappa shape index (κ1) is 15.6. The van der Waals surface area contributed by atoms with Crippen molar-refractivity contribution in [3.05, 3.63) is 54.1 Å². The first-order valence-electron chi connectivity index (χ1n) is 7.82. The number of ether oxygens (including phenoxy) is 1. The summed E-state index contributed by atoms with van der Waals surface area (Å²) >= 11 is 0. The highest BCUT2D eigenvalue weighted by Gasteiger charge is 2.13. The predicted octanol–water partition coefficient (Wildman–Crippen LogP) is 4.81. The number of hydrogen-bond donors (Lipinski definition) is 1. The van der Waals surface area contributed by atoms with Crippen molar-refractivity contribution in [3.8, 4) is 16.9 Å². The number of para-hydroxylation sites is 1. The first-order chi connectivity index (χ1) is 10.3. The monoisotopic (exact) mass is 283 g/mol. The molecule has 2 aromatic rings. The lowest BCUT2D eigenvalue weighted by Gasteiger charge is -2.19. The van der Waals surface area contributed by atoms with Crippen LogP contribution in [0.2, 0.25) is 0 Å². The largest absolute Gasteiger partial charge is 0.493 e. The number of benzene rings is 2. The van der Waals surface area contributed by atoms with Gasteiger partial charge in [0.25, 0.3) is 0 Å². The van der Waals surface area contributed by atoms with E-state index in [-0.39, 0.29) is 0 Å². The number of rotatable bonds is 7. The van der Waals surface area contributed by atoms with Crippen molar-refractivity contribution < 1.29 is 4.74 Å². The van der Waals surface area contributed by atoms with Crippen molar-refractivity contribution in [3.63, 3.8) is 0 Å². The molecule has 2 heteroatoms. The minimum Gasteiger partial charge on any atom is -0.493 e. The van der Waals surface area contributed by atoms with E-state index in [1.807, 2.05) is 6.07 Å². The van der Waals surface area contributed by atoms with Crippen molar-refractivity contribution in [1.29, 1.82) is 0 Å². The first-order valence-corrected chi connectivity index (χ1v) is 7.82. The van der Waals surface area contributed by atoms with Crippen LogP contribution in [0, 0.1) is 0 Å². The second-order valence-electron chi connectivity index (χ2n) is 5.21. The van der Waals surface area contributed by atoms with Crippen molar-refractivity contribution in [1.82, 2.24) is 5.32 Å². The molecule has 1 atom stereocenters. The van der Waals surface area contributed by atoms with E-state index < -0.39 is 0 Å². The molecule has 0 amide bonds. The van der Waals surface area contributed by atoms with Gasteiger partial charge in [-0.25, -0.2) is 0 Å². The zero-order valence-corrected chi connectivity index (χ0v) is 13.2. The van der Waals surface area contributed by atoms with Crippen LogP contribution in [0.1, 0.15) is 38.8 Å². The predicted molar refractivity (Wildman–Crippen MR) is 89.8 cm³/mol. The van der Waals surface area contributed by atoms with E-state index in [9.17, 15) is 0 Å². The van der Waals surface area contributed by atoms with Crippen molar-refractivity contribution >= 4 is 0 Å². The van der Waals surface area contributed by atoms with Crippen LogP contribution >= 0.6 is 0 Å². The average Bonchev–Trinajstić information content (AvgIpc) is 2.53. The molecule has 0 radical (unpaired) electrons. The fourth-order valence-electron chi connectivity index (χ4n) is 2.56. The SMILES string of the molecule is CCCOc1ccccc1-c1ccccc1C(C)NCC. The summed E-state index contributed by atoms with van der Waals surface area (Å²) in [5, 5.41) is 3.49. The van der Waals surface area contributed by atoms with Gasteiger partial charge in [-0.05, 0) is 37.1 Å². The Bertz CT molecular complexity index is 565. The van der Waals surface area contributed by atoms with Gasteiger partial charge in [0.2, 0.25) is 0 Å². The molecular formula is C19H25NO. The van der Waals surface area contributed by atoms with E-state index in [4.69, 9.17) is 4.74 Å². The molecule has 0 spiro atoms. The average molecular weight is 283 g/mol. The van der Waals surface area contributed by atoms with Crippen LogP contribution in [-0.4, -0.2) is 13.2 Å². The van der Waals surface area contributed by atoms with Crippen LogP contribution in [0.3, 0.4) is 0 Å². The molecular weight excluding hydrogens is 258 g/mol. The molecule has 21 heavy (non-hydrogen) atoms. The number of nitrogens with one attached hydrogen (secondary N) is 1. The van der Waals surface area contributed by atoms with Crippen LogP contribution in [-0.2, 0) is 0 Å². The van der Waals surface area contributed by atoms with Gasteiger partial charge in [0, 0.05) is 11.6 Å². The Morgan fingerprint density at radius 1 is 0.952 bits per heavy atom. The summed E-state index contributed by atoms with van der Waals surface area (Å²) in [7, 11) is 0. The molecule has 1 N–H and O–H groups in total. The van der Waals surface area contributed by atoms with E-state index >= 15 is 0 Å². The minimum atomic E-state index is 0.324. The quantitative estimate of drug-likeness (QED) is 0.787. The van der Waals surface area contributed by atoms with Gasteiger partial charge < -0.3 is 10.1 Å². The zero-order chi connectivity index (χ0) is 15.1. The van der Waals surface area contributed by atoms with Gasteiger partial charge >= 0.3 is 0 Å². The lowest BCUT2D eigenvalue weighted by Crippen LogP contribution is -2.18. The van der Waals surface area contributed by atoms with E-state index in [0.717, 1.165) is 25.3 Å². The van der Waals surface area contributed by atoms with Gasteiger partial charge in [0.05, 0.1) is 6.61 Å². The lowest BCUT2D eigenvalue weighted by atomic mass is 9.95. The summed E-state index contributed by atoms with van der Waals surface area (Å²) in [5.41, 5.74) is 3.73. The van der Waals surface area contributed by atoms with Gasteiger partial charge in [-0.3, -0.25) is 0 Å². The summed E-state index contributed by atoms with van der Waals surface area (Å²) in [6, 6.07) is 17.2. The summed E-state index contributed by atoms with van der Waals surface area (Å²) < 4.78 is 5.92.